The molecule has 9 heteroatoms. The Labute approximate surface area is 176 Å². The fourth-order valence-corrected chi connectivity index (χ4v) is 5.78. The smallest absolute Gasteiger partial charge is 0.211 e. The van der Waals surface area contributed by atoms with Crippen LogP contribution >= 0.6 is 0 Å². The van der Waals surface area contributed by atoms with Gasteiger partial charge in [0, 0.05) is 67.0 Å². The number of sulfonamides is 1. The van der Waals surface area contributed by atoms with Gasteiger partial charge in [-0.15, -0.1) is 0 Å². The highest BCUT2D eigenvalue weighted by atomic mass is 32.2. The highest BCUT2D eigenvalue weighted by Gasteiger charge is 2.33. The second-order valence-corrected chi connectivity index (χ2v) is 10.4. The van der Waals surface area contributed by atoms with Crippen LogP contribution in [0.15, 0.2) is 30.9 Å². The molecule has 1 fully saturated rings. The van der Waals surface area contributed by atoms with Gasteiger partial charge < -0.3 is 9.88 Å². The molecule has 0 spiro atoms. The monoisotopic (exact) mass is 426 g/mol. The van der Waals surface area contributed by atoms with Gasteiger partial charge in [-0.25, -0.2) is 27.7 Å². The maximum Gasteiger partial charge on any atom is 0.211 e. The molecule has 5 heterocycles. The van der Waals surface area contributed by atoms with Crippen LogP contribution in [0.5, 0.6) is 0 Å². The lowest BCUT2D eigenvalue weighted by atomic mass is 9.88. The molecule has 0 aromatic carbocycles. The van der Waals surface area contributed by atoms with Gasteiger partial charge in [0.1, 0.15) is 12.0 Å². The van der Waals surface area contributed by atoms with E-state index in [1.54, 1.807) is 10.6 Å². The van der Waals surface area contributed by atoms with Crippen molar-refractivity contribution in [1.29, 1.82) is 0 Å². The quantitative estimate of drug-likeness (QED) is 0.691. The van der Waals surface area contributed by atoms with Gasteiger partial charge in [-0.3, -0.25) is 0 Å². The number of aromatic amines is 1. The Balaban J connectivity index is 1.52. The summed E-state index contributed by atoms with van der Waals surface area (Å²) < 4.78 is 25.8. The molecule has 1 saturated heterocycles. The molecule has 0 saturated carbocycles. The summed E-state index contributed by atoms with van der Waals surface area (Å²) >= 11 is 0. The first-order valence-electron chi connectivity index (χ1n) is 10.4. The van der Waals surface area contributed by atoms with Gasteiger partial charge in [0.15, 0.2) is 0 Å². The molecule has 2 aliphatic heterocycles. The predicted octanol–water partition coefficient (Wildman–Crippen LogP) is 2.44. The van der Waals surface area contributed by atoms with Crippen molar-refractivity contribution >= 4 is 26.7 Å². The summed E-state index contributed by atoms with van der Waals surface area (Å²) in [6, 6.07) is 4.42. The zero-order chi connectivity index (χ0) is 20.9. The Morgan fingerprint density at radius 3 is 2.90 bits per heavy atom. The molecular weight excluding hydrogens is 400 g/mol. The minimum atomic E-state index is -3.20. The first kappa shape index (κ1) is 19.4. The standard InChI is InChI=1S/C21H26N6O2S/c1-14-10-18-17(12-27(14)19-6-8-23-21-16(19)5-7-22-21)20(25-13-24-18)15-4-3-9-26(11-15)30(2,28)29/h5-8,13-15H,3-4,9-12H2,1-2H3,(H,22,23)/t14-,15?/m0/s1. The Morgan fingerprint density at radius 1 is 1.20 bits per heavy atom. The van der Waals surface area contributed by atoms with Crippen LogP contribution in [0.3, 0.4) is 0 Å². The average molecular weight is 427 g/mol. The molecule has 3 aromatic rings. The van der Waals surface area contributed by atoms with Crippen LogP contribution < -0.4 is 4.90 Å². The fourth-order valence-electron chi connectivity index (χ4n) is 4.87. The molecule has 0 amide bonds. The number of anilines is 1. The molecule has 0 bridgehead atoms. The number of rotatable bonds is 3. The van der Waals surface area contributed by atoms with Crippen molar-refractivity contribution in [2.24, 2.45) is 0 Å². The minimum absolute atomic E-state index is 0.102. The van der Waals surface area contributed by atoms with Gasteiger partial charge in [0.25, 0.3) is 0 Å². The predicted molar refractivity (Wildman–Crippen MR) is 116 cm³/mol. The van der Waals surface area contributed by atoms with Crippen molar-refractivity contribution in [1.82, 2.24) is 24.2 Å². The number of hydrogen-bond acceptors (Lipinski definition) is 6. The minimum Gasteiger partial charge on any atom is -0.363 e. The Bertz CT molecular complexity index is 1190. The van der Waals surface area contributed by atoms with Crippen LogP contribution in [-0.4, -0.2) is 58.0 Å². The molecule has 8 nitrogen and oxygen atoms in total. The van der Waals surface area contributed by atoms with Gasteiger partial charge in [-0.05, 0) is 31.9 Å². The van der Waals surface area contributed by atoms with E-state index in [1.165, 1.54) is 6.26 Å². The number of piperidine rings is 1. The van der Waals surface area contributed by atoms with E-state index in [1.807, 2.05) is 12.4 Å². The van der Waals surface area contributed by atoms with Gasteiger partial charge >= 0.3 is 0 Å². The third kappa shape index (κ3) is 3.35. The number of nitrogens with zero attached hydrogens (tertiary/aromatic N) is 5. The van der Waals surface area contributed by atoms with Crippen LogP contribution in [0.4, 0.5) is 5.69 Å². The molecule has 158 valence electrons. The third-order valence-corrected chi connectivity index (χ3v) is 7.67. The lowest BCUT2D eigenvalue weighted by molar-refractivity contribution is 0.312. The van der Waals surface area contributed by atoms with Crippen molar-refractivity contribution in [3.05, 3.63) is 47.8 Å². The number of pyridine rings is 1. The summed E-state index contributed by atoms with van der Waals surface area (Å²) in [4.78, 5) is 19.2. The second kappa shape index (κ2) is 7.31. The Morgan fingerprint density at radius 2 is 2.07 bits per heavy atom. The maximum atomic E-state index is 12.1. The van der Waals surface area contributed by atoms with Crippen molar-refractivity contribution in [3.8, 4) is 0 Å². The largest absolute Gasteiger partial charge is 0.363 e. The van der Waals surface area contributed by atoms with Crippen molar-refractivity contribution in [2.45, 2.75) is 44.7 Å². The average Bonchev–Trinajstić information content (AvgIpc) is 3.21. The van der Waals surface area contributed by atoms with E-state index in [4.69, 9.17) is 0 Å². The zero-order valence-corrected chi connectivity index (χ0v) is 18.1. The fraction of sp³-hybridized carbons (Fsp3) is 0.476. The van der Waals surface area contributed by atoms with Gasteiger partial charge in [0.2, 0.25) is 10.0 Å². The van der Waals surface area contributed by atoms with E-state index in [2.05, 4.69) is 43.9 Å². The SMILES string of the molecule is C[C@H]1Cc2ncnc(C3CCCN(S(C)(=O)=O)C3)c2CN1c1ccnc2[nH]ccc12. The third-order valence-electron chi connectivity index (χ3n) is 6.40. The molecule has 3 aromatic heterocycles. The second-order valence-electron chi connectivity index (χ2n) is 8.40. The summed E-state index contributed by atoms with van der Waals surface area (Å²) in [5.74, 6) is 0.102. The maximum absolute atomic E-state index is 12.1. The van der Waals surface area contributed by atoms with E-state index in [-0.39, 0.29) is 5.92 Å². The van der Waals surface area contributed by atoms with Gasteiger partial charge in [-0.2, -0.15) is 0 Å². The number of H-pyrrole nitrogens is 1. The van der Waals surface area contributed by atoms with E-state index < -0.39 is 10.0 Å². The molecule has 1 N–H and O–H groups in total. The highest BCUT2D eigenvalue weighted by molar-refractivity contribution is 7.88. The molecule has 2 atom stereocenters. The number of aromatic nitrogens is 4. The van der Waals surface area contributed by atoms with E-state index in [0.717, 1.165) is 52.9 Å². The van der Waals surface area contributed by atoms with Crippen molar-refractivity contribution in [3.63, 3.8) is 0 Å². The lowest BCUT2D eigenvalue weighted by Crippen LogP contribution is -2.42. The summed E-state index contributed by atoms with van der Waals surface area (Å²) in [7, 11) is -3.20. The molecule has 2 aliphatic rings. The van der Waals surface area contributed by atoms with E-state index >= 15 is 0 Å². The van der Waals surface area contributed by atoms with Crippen LogP contribution in [0.25, 0.3) is 11.0 Å². The molecule has 30 heavy (non-hydrogen) atoms. The lowest BCUT2D eigenvalue weighted by Gasteiger charge is -2.38. The van der Waals surface area contributed by atoms with Crippen molar-refractivity contribution in [2.75, 3.05) is 24.2 Å². The van der Waals surface area contributed by atoms with E-state index in [9.17, 15) is 8.42 Å². The summed E-state index contributed by atoms with van der Waals surface area (Å²) in [5, 5.41) is 1.10. The Kier molecular flexibility index (Phi) is 4.74. The van der Waals surface area contributed by atoms with Crippen LogP contribution in [-0.2, 0) is 23.0 Å². The molecule has 1 unspecified atom stereocenters. The molecular formula is C21H26N6O2S. The van der Waals surface area contributed by atoms with E-state index in [0.29, 0.717) is 25.7 Å². The van der Waals surface area contributed by atoms with Gasteiger partial charge in [-0.1, -0.05) is 0 Å². The van der Waals surface area contributed by atoms with Crippen molar-refractivity contribution < 1.29 is 8.42 Å². The number of hydrogen-bond donors (Lipinski definition) is 1. The number of fused-ring (bicyclic) bond motifs is 2. The summed E-state index contributed by atoms with van der Waals surface area (Å²) in [6.45, 7) is 4.02. The van der Waals surface area contributed by atoms with Crippen LogP contribution in [0.1, 0.15) is 42.6 Å². The summed E-state index contributed by atoms with van der Waals surface area (Å²) in [6.07, 6.45) is 9.32. The van der Waals surface area contributed by atoms with Crippen LogP contribution in [0, 0.1) is 0 Å². The zero-order valence-electron chi connectivity index (χ0n) is 17.2. The van der Waals surface area contributed by atoms with Gasteiger partial charge in [0.05, 0.1) is 17.6 Å². The Hall–Kier alpha value is -2.52. The van der Waals surface area contributed by atoms with Crippen LogP contribution in [0.2, 0.25) is 0 Å². The summed E-state index contributed by atoms with van der Waals surface area (Å²) in [5.41, 5.74) is 5.27. The molecule has 5 rings (SSSR count). The number of nitrogens with one attached hydrogen (secondary N) is 1. The topological polar surface area (TPSA) is 95.1 Å². The molecule has 0 aliphatic carbocycles. The first-order valence-corrected chi connectivity index (χ1v) is 12.2. The normalized spacial score (nSPS) is 22.9. The molecule has 0 radical (unpaired) electrons. The highest BCUT2D eigenvalue weighted by Crippen LogP contribution is 2.36. The first-order chi connectivity index (χ1) is 14.4.